The summed E-state index contributed by atoms with van der Waals surface area (Å²) in [6.45, 7) is 9.85. The minimum atomic E-state index is 0.755. The minimum Gasteiger partial charge on any atom is -0.313 e. The van der Waals surface area contributed by atoms with Gasteiger partial charge in [0.2, 0.25) is 0 Å². The van der Waals surface area contributed by atoms with Gasteiger partial charge in [0.05, 0.1) is 0 Å². The van der Waals surface area contributed by atoms with E-state index in [0.717, 1.165) is 17.9 Å². The van der Waals surface area contributed by atoms with Gasteiger partial charge in [-0.05, 0) is 44.1 Å². The molecule has 106 valence electrons. The molecule has 1 saturated carbocycles. The van der Waals surface area contributed by atoms with Crippen LogP contribution in [0.15, 0.2) is 0 Å². The summed E-state index contributed by atoms with van der Waals surface area (Å²) in [7, 11) is 0. The third-order valence-corrected chi connectivity index (χ3v) is 4.86. The summed E-state index contributed by atoms with van der Waals surface area (Å²) < 4.78 is 0. The molecule has 18 heavy (non-hydrogen) atoms. The largest absolute Gasteiger partial charge is 0.313 e. The molecule has 0 bridgehead atoms. The van der Waals surface area contributed by atoms with Crippen LogP contribution in [0.3, 0.4) is 0 Å². The van der Waals surface area contributed by atoms with Crippen LogP contribution < -0.4 is 5.32 Å². The van der Waals surface area contributed by atoms with Gasteiger partial charge in [0.1, 0.15) is 0 Å². The average Bonchev–Trinajstić information content (AvgIpc) is 2.89. The van der Waals surface area contributed by atoms with Crippen LogP contribution in [0.1, 0.15) is 58.8 Å². The van der Waals surface area contributed by atoms with Crippen molar-refractivity contribution in [3.63, 3.8) is 0 Å². The Labute approximate surface area is 114 Å². The van der Waals surface area contributed by atoms with Gasteiger partial charge in [0, 0.05) is 25.7 Å². The second-order valence-electron chi connectivity index (χ2n) is 6.53. The maximum Gasteiger partial charge on any atom is 0.0198 e. The van der Waals surface area contributed by atoms with Crippen LogP contribution in [0.4, 0.5) is 0 Å². The van der Waals surface area contributed by atoms with Crippen LogP contribution in [-0.2, 0) is 0 Å². The molecular formula is C16H32N2. The third kappa shape index (κ3) is 4.24. The lowest BCUT2D eigenvalue weighted by atomic mass is 9.91. The summed E-state index contributed by atoms with van der Waals surface area (Å²) in [6.07, 6.45) is 9.94. The molecule has 2 unspecified atom stereocenters. The molecule has 0 aromatic heterocycles. The van der Waals surface area contributed by atoms with Crippen molar-refractivity contribution in [3.8, 4) is 0 Å². The monoisotopic (exact) mass is 252 g/mol. The zero-order valence-electron chi connectivity index (χ0n) is 12.5. The second kappa shape index (κ2) is 7.49. The standard InChI is InChI=1S/C16H32N2/c1-3-9-17-16-10-14(4-2)11-18(13-16)12-15-7-5-6-8-15/h14-17H,3-13H2,1-2H3. The van der Waals surface area contributed by atoms with Gasteiger partial charge in [-0.1, -0.05) is 33.1 Å². The lowest BCUT2D eigenvalue weighted by Gasteiger charge is -2.39. The molecule has 2 rings (SSSR count). The van der Waals surface area contributed by atoms with E-state index in [1.54, 1.807) is 0 Å². The molecule has 1 N–H and O–H groups in total. The number of likely N-dealkylation sites (tertiary alicyclic amines) is 1. The molecular weight excluding hydrogens is 220 g/mol. The quantitative estimate of drug-likeness (QED) is 0.780. The molecule has 2 atom stereocenters. The van der Waals surface area contributed by atoms with Crippen LogP contribution >= 0.6 is 0 Å². The normalized spacial score (nSPS) is 31.0. The van der Waals surface area contributed by atoms with E-state index in [4.69, 9.17) is 0 Å². The Morgan fingerprint density at radius 3 is 2.50 bits per heavy atom. The molecule has 0 aromatic rings. The Hall–Kier alpha value is -0.0800. The predicted octanol–water partition coefficient (Wildman–Crippen LogP) is 3.28. The number of nitrogens with one attached hydrogen (secondary N) is 1. The van der Waals surface area contributed by atoms with Gasteiger partial charge in [-0.2, -0.15) is 0 Å². The SMILES string of the molecule is CCCNC1CC(CC)CN(CC2CCCC2)C1. The van der Waals surface area contributed by atoms with Crippen LogP contribution in [0.5, 0.6) is 0 Å². The fourth-order valence-corrected chi connectivity index (χ4v) is 3.80. The van der Waals surface area contributed by atoms with E-state index in [9.17, 15) is 0 Å². The fraction of sp³-hybridized carbons (Fsp3) is 1.00. The van der Waals surface area contributed by atoms with Crippen LogP contribution in [-0.4, -0.2) is 37.1 Å². The third-order valence-electron chi connectivity index (χ3n) is 4.86. The summed E-state index contributed by atoms with van der Waals surface area (Å²) in [4.78, 5) is 2.76. The molecule has 2 heteroatoms. The summed E-state index contributed by atoms with van der Waals surface area (Å²) >= 11 is 0. The Kier molecular flexibility index (Phi) is 5.97. The van der Waals surface area contributed by atoms with Crippen molar-refractivity contribution in [1.29, 1.82) is 0 Å². The van der Waals surface area contributed by atoms with E-state index < -0.39 is 0 Å². The highest BCUT2D eigenvalue weighted by molar-refractivity contribution is 4.84. The van der Waals surface area contributed by atoms with E-state index in [-0.39, 0.29) is 0 Å². The molecule has 2 fully saturated rings. The maximum atomic E-state index is 3.75. The number of hydrogen-bond acceptors (Lipinski definition) is 2. The molecule has 1 heterocycles. The van der Waals surface area contributed by atoms with E-state index in [0.29, 0.717) is 0 Å². The summed E-state index contributed by atoms with van der Waals surface area (Å²) in [5.41, 5.74) is 0. The number of piperidine rings is 1. The lowest BCUT2D eigenvalue weighted by molar-refractivity contribution is 0.121. The molecule has 1 aliphatic carbocycles. The zero-order chi connectivity index (χ0) is 12.8. The van der Waals surface area contributed by atoms with Crippen molar-refractivity contribution in [1.82, 2.24) is 10.2 Å². The van der Waals surface area contributed by atoms with Crippen molar-refractivity contribution < 1.29 is 0 Å². The van der Waals surface area contributed by atoms with Crippen molar-refractivity contribution in [2.24, 2.45) is 11.8 Å². The van der Waals surface area contributed by atoms with Crippen LogP contribution in [0.25, 0.3) is 0 Å². The number of rotatable bonds is 6. The molecule has 2 nitrogen and oxygen atoms in total. The van der Waals surface area contributed by atoms with E-state index in [1.807, 2.05) is 0 Å². The lowest BCUT2D eigenvalue weighted by Crippen LogP contribution is -2.50. The van der Waals surface area contributed by atoms with Crippen molar-refractivity contribution in [2.45, 2.75) is 64.8 Å². The number of hydrogen-bond donors (Lipinski definition) is 1. The van der Waals surface area contributed by atoms with Crippen molar-refractivity contribution >= 4 is 0 Å². The maximum absolute atomic E-state index is 3.75. The van der Waals surface area contributed by atoms with Gasteiger partial charge in [-0.25, -0.2) is 0 Å². The zero-order valence-corrected chi connectivity index (χ0v) is 12.5. The van der Waals surface area contributed by atoms with Gasteiger partial charge in [-0.3, -0.25) is 0 Å². The molecule has 0 spiro atoms. The van der Waals surface area contributed by atoms with Crippen molar-refractivity contribution in [3.05, 3.63) is 0 Å². The molecule has 1 saturated heterocycles. The highest BCUT2D eigenvalue weighted by atomic mass is 15.2. The molecule has 0 amide bonds. The van der Waals surface area contributed by atoms with E-state index in [2.05, 4.69) is 24.1 Å². The predicted molar refractivity (Wildman–Crippen MR) is 78.9 cm³/mol. The molecule has 0 aromatic carbocycles. The molecule has 0 radical (unpaired) electrons. The Balaban J connectivity index is 1.80. The van der Waals surface area contributed by atoms with Gasteiger partial charge in [0.15, 0.2) is 0 Å². The van der Waals surface area contributed by atoms with Gasteiger partial charge in [0.25, 0.3) is 0 Å². The minimum absolute atomic E-state index is 0.755. The smallest absolute Gasteiger partial charge is 0.0198 e. The van der Waals surface area contributed by atoms with Gasteiger partial charge >= 0.3 is 0 Å². The van der Waals surface area contributed by atoms with Crippen LogP contribution in [0, 0.1) is 11.8 Å². The Morgan fingerprint density at radius 2 is 1.83 bits per heavy atom. The molecule has 2 aliphatic rings. The first-order chi connectivity index (χ1) is 8.81. The van der Waals surface area contributed by atoms with Crippen LogP contribution in [0.2, 0.25) is 0 Å². The summed E-state index contributed by atoms with van der Waals surface area (Å²) in [6, 6.07) is 0.755. The second-order valence-corrected chi connectivity index (χ2v) is 6.53. The van der Waals surface area contributed by atoms with E-state index >= 15 is 0 Å². The topological polar surface area (TPSA) is 15.3 Å². The Morgan fingerprint density at radius 1 is 1.06 bits per heavy atom. The van der Waals surface area contributed by atoms with Crippen molar-refractivity contribution in [2.75, 3.05) is 26.2 Å². The number of nitrogens with zero attached hydrogens (tertiary/aromatic N) is 1. The first-order valence-corrected chi connectivity index (χ1v) is 8.27. The average molecular weight is 252 g/mol. The van der Waals surface area contributed by atoms with E-state index in [1.165, 1.54) is 71.1 Å². The highest BCUT2D eigenvalue weighted by Gasteiger charge is 2.28. The summed E-state index contributed by atoms with van der Waals surface area (Å²) in [5, 5.41) is 3.75. The van der Waals surface area contributed by atoms with Gasteiger partial charge < -0.3 is 10.2 Å². The molecule has 1 aliphatic heterocycles. The first kappa shape index (κ1) is 14.3. The Bertz CT molecular complexity index is 223. The van der Waals surface area contributed by atoms with Gasteiger partial charge in [-0.15, -0.1) is 0 Å². The fourth-order valence-electron chi connectivity index (χ4n) is 3.80. The highest BCUT2D eigenvalue weighted by Crippen LogP contribution is 2.28. The summed E-state index contributed by atoms with van der Waals surface area (Å²) in [5.74, 6) is 1.93. The first-order valence-electron chi connectivity index (χ1n) is 8.27.